The first kappa shape index (κ1) is 46.2. The van der Waals surface area contributed by atoms with Gasteiger partial charge < -0.3 is 45.6 Å². The van der Waals surface area contributed by atoms with E-state index in [-0.39, 0.29) is 67.1 Å². The number of carbonyl (C=O) groups excluding carboxylic acids is 4. The van der Waals surface area contributed by atoms with Crippen molar-refractivity contribution >= 4 is 54.0 Å². The van der Waals surface area contributed by atoms with Gasteiger partial charge in [-0.2, -0.15) is 0 Å². The number of aliphatic hydroxyl groups excluding tert-OH is 1. The summed E-state index contributed by atoms with van der Waals surface area (Å²) in [5.74, 6) is -0.483. The summed E-state index contributed by atoms with van der Waals surface area (Å²) in [6, 6.07) is 31.1. The molecule has 0 radical (unpaired) electrons. The Morgan fingerprint density at radius 2 is 1.51 bits per heavy atom. The Morgan fingerprint density at radius 1 is 0.862 bits per heavy atom. The standard InChI is InChI=1S/C51H64N6O7Si/c1-34-47(65(3,4)42-20-18-41(63-2)19-21-42)45(29-46(59)56(25-26-58)32-35-11-6-5-7-12-35)64-51(34)43-28-40(55-49(61)38-15-10-24-53-31-38)17-22-44(43)57(50(51)62)33-36-13-8-16-39(27-36)54-48(60)37-14-9-23-52-30-37/h5-8,11-13,16-22,27-28,34,37-38,45,47,52-53,58H,9-10,14-15,23-26,29-33H2,1-4H3,(H,54,60)(H,55,61)/t34-,37?,38?,45+,47-,51+/m0/s1. The van der Waals surface area contributed by atoms with Gasteiger partial charge in [-0.3, -0.25) is 19.2 Å². The predicted octanol–water partition coefficient (Wildman–Crippen LogP) is 5.75. The summed E-state index contributed by atoms with van der Waals surface area (Å²) in [4.78, 5) is 60.8. The number of ether oxygens (including phenoxy) is 2. The van der Waals surface area contributed by atoms with Crippen molar-refractivity contribution in [1.82, 2.24) is 15.5 Å². The highest BCUT2D eigenvalue weighted by atomic mass is 28.3. The molecule has 2 unspecified atom stereocenters. The van der Waals surface area contributed by atoms with Gasteiger partial charge in [0, 0.05) is 49.0 Å². The molecule has 0 saturated carbocycles. The SMILES string of the molecule is COc1ccc([Si](C)(C)[C@@H]2[C@@H](CC(=O)N(CCO)Cc3ccccc3)O[C@]3(C(=O)N(Cc4cccc(NC(=O)C5CCCNC5)c4)c4ccc(NC(=O)C5CCCNC5)cc43)[C@H]2C)cc1. The van der Waals surface area contributed by atoms with E-state index in [0.29, 0.717) is 42.3 Å². The minimum absolute atomic E-state index is 0.00214. The maximum Gasteiger partial charge on any atom is 0.264 e. The molecule has 0 bridgehead atoms. The third-order valence-corrected chi connectivity index (χ3v) is 18.6. The molecular formula is C51H64N6O7Si. The highest BCUT2D eigenvalue weighted by Crippen LogP contribution is 2.60. The Morgan fingerprint density at radius 3 is 2.12 bits per heavy atom. The summed E-state index contributed by atoms with van der Waals surface area (Å²) in [6.45, 7) is 10.2. The molecule has 4 aromatic carbocycles. The maximum atomic E-state index is 15.8. The van der Waals surface area contributed by atoms with Crippen LogP contribution < -0.4 is 36.1 Å². The second-order valence-corrected chi connectivity index (χ2v) is 23.5. The molecule has 0 aromatic heterocycles. The monoisotopic (exact) mass is 900 g/mol. The third-order valence-electron chi connectivity index (χ3n) is 14.3. The number of methoxy groups -OCH3 is 1. The Balaban J connectivity index is 1.18. The Hall–Kier alpha value is -5.38. The lowest BCUT2D eigenvalue weighted by Gasteiger charge is -2.37. The zero-order valence-electron chi connectivity index (χ0n) is 38.1. The van der Waals surface area contributed by atoms with E-state index < -0.39 is 25.7 Å². The van der Waals surface area contributed by atoms with Gasteiger partial charge in [0.1, 0.15) is 5.75 Å². The van der Waals surface area contributed by atoms with Crippen LogP contribution in [-0.4, -0.2) is 94.3 Å². The average molecular weight is 901 g/mol. The number of amides is 4. The molecule has 4 amide bonds. The minimum atomic E-state index is -2.64. The molecule has 344 valence electrons. The molecule has 8 rings (SSSR count). The van der Waals surface area contributed by atoms with Gasteiger partial charge in [0.2, 0.25) is 17.7 Å². The number of nitrogens with zero attached hydrogens (tertiary/aromatic N) is 2. The van der Waals surface area contributed by atoms with E-state index >= 15 is 4.79 Å². The first-order valence-corrected chi connectivity index (χ1v) is 26.3. The molecular weight excluding hydrogens is 837 g/mol. The summed E-state index contributed by atoms with van der Waals surface area (Å²) in [6.07, 6.45) is 2.81. The van der Waals surface area contributed by atoms with Gasteiger partial charge >= 0.3 is 0 Å². The largest absolute Gasteiger partial charge is 0.497 e. The smallest absolute Gasteiger partial charge is 0.264 e. The molecule has 3 fully saturated rings. The van der Waals surface area contributed by atoms with Crippen molar-refractivity contribution in [3.8, 4) is 5.75 Å². The van der Waals surface area contributed by atoms with E-state index in [4.69, 9.17) is 9.47 Å². The van der Waals surface area contributed by atoms with Crippen LogP contribution in [0.15, 0.2) is 97.1 Å². The number of anilines is 3. The molecule has 1 spiro atoms. The van der Waals surface area contributed by atoms with Gasteiger partial charge in [-0.05, 0) is 97.9 Å². The van der Waals surface area contributed by atoms with Crippen LogP contribution in [0.2, 0.25) is 18.6 Å². The van der Waals surface area contributed by atoms with E-state index in [1.54, 1.807) is 16.9 Å². The second kappa shape index (κ2) is 20.0. The number of carbonyl (C=O) groups is 4. The molecule has 4 aromatic rings. The summed E-state index contributed by atoms with van der Waals surface area (Å²) in [5.41, 5.74) is 2.59. The maximum absolute atomic E-state index is 15.8. The van der Waals surface area contributed by atoms with Crippen molar-refractivity contribution in [2.75, 3.05) is 62.0 Å². The fourth-order valence-electron chi connectivity index (χ4n) is 10.8. The molecule has 4 aliphatic rings. The first-order valence-electron chi connectivity index (χ1n) is 23.3. The number of aliphatic hydroxyl groups is 1. The van der Waals surface area contributed by atoms with Crippen LogP contribution in [0.4, 0.5) is 17.1 Å². The van der Waals surface area contributed by atoms with E-state index in [2.05, 4.69) is 53.4 Å². The van der Waals surface area contributed by atoms with Crippen LogP contribution in [0.3, 0.4) is 0 Å². The minimum Gasteiger partial charge on any atom is -0.497 e. The van der Waals surface area contributed by atoms with E-state index in [0.717, 1.165) is 60.8 Å². The van der Waals surface area contributed by atoms with Crippen LogP contribution in [0.5, 0.6) is 5.75 Å². The Bertz CT molecular complexity index is 2330. The molecule has 14 heteroatoms. The summed E-state index contributed by atoms with van der Waals surface area (Å²) in [7, 11) is -0.994. The molecule has 65 heavy (non-hydrogen) atoms. The number of benzene rings is 4. The normalized spacial score (nSPS) is 24.1. The summed E-state index contributed by atoms with van der Waals surface area (Å²) in [5, 5.41) is 24.2. The topological polar surface area (TPSA) is 162 Å². The molecule has 13 nitrogen and oxygen atoms in total. The van der Waals surface area contributed by atoms with Crippen LogP contribution in [0.25, 0.3) is 0 Å². The summed E-state index contributed by atoms with van der Waals surface area (Å²) < 4.78 is 12.9. The van der Waals surface area contributed by atoms with Gasteiger partial charge in [-0.15, -0.1) is 0 Å². The van der Waals surface area contributed by atoms with Crippen molar-refractivity contribution in [3.63, 3.8) is 0 Å². The fraction of sp³-hybridized carbons (Fsp3) is 0.451. The van der Waals surface area contributed by atoms with Gasteiger partial charge in [0.05, 0.1) is 58.4 Å². The van der Waals surface area contributed by atoms with Gasteiger partial charge in [-0.1, -0.05) is 79.8 Å². The predicted molar refractivity (Wildman–Crippen MR) is 256 cm³/mol. The van der Waals surface area contributed by atoms with Crippen molar-refractivity contribution in [1.29, 1.82) is 0 Å². The fourth-order valence-corrected chi connectivity index (χ4v) is 14.8. The van der Waals surface area contributed by atoms with Crippen LogP contribution in [0, 0.1) is 17.8 Å². The third kappa shape index (κ3) is 9.64. The quantitative estimate of drug-likeness (QED) is 0.0938. The lowest BCUT2D eigenvalue weighted by molar-refractivity contribution is -0.150. The molecule has 5 N–H and O–H groups in total. The van der Waals surface area contributed by atoms with Crippen LogP contribution in [0.1, 0.15) is 55.7 Å². The number of hydrogen-bond donors (Lipinski definition) is 5. The zero-order valence-corrected chi connectivity index (χ0v) is 39.1. The van der Waals surface area contributed by atoms with Gasteiger partial charge in [-0.25, -0.2) is 0 Å². The van der Waals surface area contributed by atoms with Gasteiger partial charge in [0.15, 0.2) is 5.60 Å². The Labute approximate surface area is 383 Å². The van der Waals surface area contributed by atoms with Crippen LogP contribution >= 0.6 is 0 Å². The summed E-state index contributed by atoms with van der Waals surface area (Å²) >= 11 is 0. The molecule has 4 heterocycles. The number of hydrogen-bond acceptors (Lipinski definition) is 9. The van der Waals surface area contributed by atoms with Crippen molar-refractivity contribution in [3.05, 3.63) is 114 Å². The number of fused-ring (bicyclic) bond motifs is 2. The van der Waals surface area contributed by atoms with Crippen LogP contribution in [-0.2, 0) is 42.6 Å². The first-order chi connectivity index (χ1) is 31.4. The number of piperidine rings is 2. The molecule has 6 atom stereocenters. The average Bonchev–Trinajstić information content (AvgIpc) is 3.75. The lowest BCUT2D eigenvalue weighted by Crippen LogP contribution is -2.52. The van der Waals surface area contributed by atoms with E-state index in [1.165, 1.54) is 0 Å². The highest BCUT2D eigenvalue weighted by Gasteiger charge is 2.66. The number of rotatable bonds is 15. The van der Waals surface area contributed by atoms with Crippen molar-refractivity contribution in [2.45, 2.75) is 82.5 Å². The number of nitrogens with one attached hydrogen (secondary N) is 4. The van der Waals surface area contributed by atoms with Gasteiger partial charge in [0.25, 0.3) is 5.91 Å². The second-order valence-electron chi connectivity index (χ2n) is 18.8. The van der Waals surface area contributed by atoms with E-state index in [9.17, 15) is 19.5 Å². The molecule has 3 saturated heterocycles. The zero-order chi connectivity index (χ0) is 45.7. The molecule has 4 aliphatic heterocycles. The molecule has 0 aliphatic carbocycles. The van der Waals surface area contributed by atoms with E-state index in [1.807, 2.05) is 84.9 Å². The highest BCUT2D eigenvalue weighted by molar-refractivity contribution is 6.91. The van der Waals surface area contributed by atoms with Crippen molar-refractivity contribution in [2.24, 2.45) is 17.8 Å². The van der Waals surface area contributed by atoms with Crippen molar-refractivity contribution < 1.29 is 33.8 Å². The Kier molecular flexibility index (Phi) is 14.2. The lowest BCUT2D eigenvalue weighted by atomic mass is 9.82.